The first-order valence-corrected chi connectivity index (χ1v) is 8.35. The lowest BCUT2D eigenvalue weighted by atomic mass is 10.1. The highest BCUT2D eigenvalue weighted by atomic mass is 35.5. The molecule has 6 heteroatoms. The molecule has 0 atom stereocenters. The maximum absolute atomic E-state index is 12.2. The third-order valence-corrected chi connectivity index (χ3v) is 3.77. The van der Waals surface area contributed by atoms with Crippen LogP contribution in [0.2, 0.25) is 5.02 Å². The van der Waals surface area contributed by atoms with Crippen molar-refractivity contribution in [2.75, 3.05) is 25.1 Å². The van der Waals surface area contributed by atoms with Crippen LogP contribution in [0.1, 0.15) is 12.5 Å². The summed E-state index contributed by atoms with van der Waals surface area (Å²) in [5.41, 5.74) is 1.38. The minimum atomic E-state index is -0.266. The van der Waals surface area contributed by atoms with Gasteiger partial charge < -0.3 is 19.5 Å². The summed E-state index contributed by atoms with van der Waals surface area (Å²) in [7, 11) is 0. The van der Waals surface area contributed by atoms with Crippen molar-refractivity contribution in [2.45, 2.75) is 6.92 Å². The first kappa shape index (κ1) is 17.2. The van der Waals surface area contributed by atoms with E-state index < -0.39 is 0 Å². The zero-order valence-electron chi connectivity index (χ0n) is 13.8. The molecule has 1 aliphatic rings. The number of hydrogen-bond donors (Lipinski definition) is 1. The molecule has 1 amide bonds. The highest BCUT2D eigenvalue weighted by Crippen LogP contribution is 2.38. The van der Waals surface area contributed by atoms with Crippen LogP contribution < -0.4 is 19.5 Å². The average Bonchev–Trinajstić information content (AvgIpc) is 2.62. The topological polar surface area (TPSA) is 56.8 Å². The maximum Gasteiger partial charge on any atom is 0.248 e. The van der Waals surface area contributed by atoms with E-state index >= 15 is 0 Å². The van der Waals surface area contributed by atoms with Crippen LogP contribution in [0.5, 0.6) is 17.2 Å². The third-order valence-electron chi connectivity index (χ3n) is 3.49. The predicted octanol–water partition coefficient (Wildman–Crippen LogP) is 4.16. The number of carbonyl (C=O) groups excluding carboxylic acids is 1. The number of benzene rings is 2. The van der Waals surface area contributed by atoms with E-state index in [4.69, 9.17) is 25.8 Å². The zero-order valence-corrected chi connectivity index (χ0v) is 14.5. The lowest BCUT2D eigenvalue weighted by molar-refractivity contribution is -0.111. The van der Waals surface area contributed by atoms with Crippen molar-refractivity contribution in [3.05, 3.63) is 53.1 Å². The molecular weight excluding hydrogens is 342 g/mol. The van der Waals surface area contributed by atoms with Gasteiger partial charge in [0, 0.05) is 6.08 Å². The van der Waals surface area contributed by atoms with Gasteiger partial charge >= 0.3 is 0 Å². The van der Waals surface area contributed by atoms with Crippen LogP contribution in [0.4, 0.5) is 5.69 Å². The fourth-order valence-corrected chi connectivity index (χ4v) is 2.70. The van der Waals surface area contributed by atoms with Crippen LogP contribution in [-0.2, 0) is 4.79 Å². The number of hydrogen-bond acceptors (Lipinski definition) is 4. The van der Waals surface area contributed by atoms with Crippen molar-refractivity contribution in [3.63, 3.8) is 0 Å². The highest BCUT2D eigenvalue weighted by molar-refractivity contribution is 6.32. The molecule has 0 radical (unpaired) electrons. The molecule has 0 fully saturated rings. The number of para-hydroxylation sites is 2. The summed E-state index contributed by atoms with van der Waals surface area (Å²) in [5.74, 6) is 1.49. The largest absolute Gasteiger partial charge is 0.492 e. The minimum Gasteiger partial charge on any atom is -0.492 e. The van der Waals surface area contributed by atoms with E-state index in [9.17, 15) is 4.79 Å². The summed E-state index contributed by atoms with van der Waals surface area (Å²) < 4.78 is 16.5. The number of halogens is 1. The molecule has 0 unspecified atom stereocenters. The molecule has 0 aromatic heterocycles. The Kier molecular flexibility index (Phi) is 5.46. The van der Waals surface area contributed by atoms with Gasteiger partial charge in [0.2, 0.25) is 5.91 Å². The van der Waals surface area contributed by atoms with Crippen LogP contribution >= 0.6 is 11.6 Å². The second-order valence-electron chi connectivity index (χ2n) is 5.28. The third kappa shape index (κ3) is 4.25. The Morgan fingerprint density at radius 1 is 1.28 bits per heavy atom. The van der Waals surface area contributed by atoms with Crippen LogP contribution in [-0.4, -0.2) is 25.7 Å². The molecule has 0 aliphatic carbocycles. The maximum atomic E-state index is 12.2. The van der Waals surface area contributed by atoms with Gasteiger partial charge in [-0.2, -0.15) is 0 Å². The average molecular weight is 360 g/mol. The number of carbonyl (C=O) groups is 1. The standard InChI is InChI=1S/C19H18ClNO4/c1-2-23-16-6-4-3-5-15(16)21-18(22)8-7-13-11-14(20)19-17(12-13)24-9-10-25-19/h3-8,11-12H,2,9-10H2,1H3,(H,21,22)/b8-7+. The van der Waals surface area contributed by atoms with Crippen molar-refractivity contribution < 1.29 is 19.0 Å². The Balaban J connectivity index is 1.72. The van der Waals surface area contributed by atoms with Crippen molar-refractivity contribution in [1.29, 1.82) is 0 Å². The molecule has 2 aromatic rings. The number of amides is 1. The van der Waals surface area contributed by atoms with Gasteiger partial charge in [-0.25, -0.2) is 0 Å². The van der Waals surface area contributed by atoms with Gasteiger partial charge in [-0.1, -0.05) is 23.7 Å². The lowest BCUT2D eigenvalue weighted by Gasteiger charge is -2.19. The fourth-order valence-electron chi connectivity index (χ4n) is 2.42. The van der Waals surface area contributed by atoms with E-state index in [2.05, 4.69) is 5.32 Å². The molecule has 0 saturated carbocycles. The summed E-state index contributed by atoms with van der Waals surface area (Å²) in [6.45, 7) is 3.37. The van der Waals surface area contributed by atoms with Crippen LogP contribution in [0.15, 0.2) is 42.5 Å². The van der Waals surface area contributed by atoms with Crippen LogP contribution in [0.3, 0.4) is 0 Å². The molecule has 1 heterocycles. The molecule has 5 nitrogen and oxygen atoms in total. The van der Waals surface area contributed by atoms with Gasteiger partial charge in [0.1, 0.15) is 19.0 Å². The fraction of sp³-hybridized carbons (Fsp3) is 0.211. The molecular formula is C19H18ClNO4. The van der Waals surface area contributed by atoms with Crippen molar-refractivity contribution in [2.24, 2.45) is 0 Å². The summed E-state index contributed by atoms with van der Waals surface area (Å²) >= 11 is 6.19. The first-order valence-electron chi connectivity index (χ1n) is 7.97. The van der Waals surface area contributed by atoms with E-state index in [1.165, 1.54) is 6.08 Å². The summed E-state index contributed by atoms with van der Waals surface area (Å²) in [4.78, 5) is 12.2. The molecule has 0 spiro atoms. The summed E-state index contributed by atoms with van der Waals surface area (Å²) in [5, 5.41) is 3.26. The SMILES string of the molecule is CCOc1ccccc1NC(=O)/C=C/c1cc(Cl)c2c(c1)OCCO2. The molecule has 1 aliphatic heterocycles. The summed E-state index contributed by atoms with van der Waals surface area (Å²) in [6, 6.07) is 10.8. The first-order chi connectivity index (χ1) is 12.2. The predicted molar refractivity (Wildman–Crippen MR) is 97.7 cm³/mol. The second-order valence-corrected chi connectivity index (χ2v) is 5.69. The number of ether oxygens (including phenoxy) is 3. The van der Waals surface area contributed by atoms with Gasteiger partial charge in [-0.05, 0) is 42.8 Å². The monoisotopic (exact) mass is 359 g/mol. The molecule has 1 N–H and O–H groups in total. The van der Waals surface area contributed by atoms with Crippen LogP contribution in [0, 0.1) is 0 Å². The quantitative estimate of drug-likeness (QED) is 0.814. The van der Waals surface area contributed by atoms with Crippen molar-refractivity contribution in [1.82, 2.24) is 0 Å². The van der Waals surface area contributed by atoms with Crippen molar-refractivity contribution >= 4 is 29.3 Å². The molecule has 0 bridgehead atoms. The van der Waals surface area contributed by atoms with E-state index in [-0.39, 0.29) is 5.91 Å². The number of nitrogens with one attached hydrogen (secondary N) is 1. The molecule has 25 heavy (non-hydrogen) atoms. The van der Waals surface area contributed by atoms with Crippen molar-refractivity contribution in [3.8, 4) is 17.2 Å². The van der Waals surface area contributed by atoms with E-state index in [0.29, 0.717) is 47.8 Å². The Hall–Kier alpha value is -2.66. The Morgan fingerprint density at radius 2 is 2.08 bits per heavy atom. The normalized spacial score (nSPS) is 12.9. The molecule has 3 rings (SSSR count). The van der Waals surface area contributed by atoms with E-state index in [1.54, 1.807) is 24.3 Å². The van der Waals surface area contributed by atoms with Gasteiger partial charge in [0.15, 0.2) is 11.5 Å². The lowest BCUT2D eigenvalue weighted by Crippen LogP contribution is -2.15. The van der Waals surface area contributed by atoms with Gasteiger partial charge in [-0.15, -0.1) is 0 Å². The van der Waals surface area contributed by atoms with Gasteiger partial charge in [0.05, 0.1) is 17.3 Å². The number of anilines is 1. The zero-order chi connectivity index (χ0) is 17.6. The minimum absolute atomic E-state index is 0.266. The van der Waals surface area contributed by atoms with Gasteiger partial charge in [-0.3, -0.25) is 4.79 Å². The van der Waals surface area contributed by atoms with E-state index in [0.717, 1.165) is 5.56 Å². The smallest absolute Gasteiger partial charge is 0.248 e. The summed E-state index contributed by atoms with van der Waals surface area (Å²) in [6.07, 6.45) is 3.10. The molecule has 0 saturated heterocycles. The number of fused-ring (bicyclic) bond motifs is 1. The van der Waals surface area contributed by atoms with Gasteiger partial charge in [0.25, 0.3) is 0 Å². The molecule has 130 valence electrons. The van der Waals surface area contributed by atoms with Crippen LogP contribution in [0.25, 0.3) is 6.08 Å². The van der Waals surface area contributed by atoms with E-state index in [1.807, 2.05) is 25.1 Å². The number of rotatable bonds is 5. The molecule has 2 aromatic carbocycles. The Morgan fingerprint density at radius 3 is 2.92 bits per heavy atom. The highest BCUT2D eigenvalue weighted by Gasteiger charge is 2.16. The Bertz CT molecular complexity index is 804. The second kappa shape index (κ2) is 7.94. The Labute approximate surface area is 151 Å².